The minimum absolute atomic E-state index is 0.209. The zero-order valence-electron chi connectivity index (χ0n) is 11.9. The van der Waals surface area contributed by atoms with Crippen molar-refractivity contribution in [3.63, 3.8) is 0 Å². The molecule has 0 bridgehead atoms. The van der Waals surface area contributed by atoms with E-state index in [4.69, 9.17) is 5.11 Å². The summed E-state index contributed by atoms with van der Waals surface area (Å²) >= 11 is 0. The fraction of sp³-hybridized carbons (Fsp3) is 0.263. The highest BCUT2D eigenvalue weighted by Crippen LogP contribution is 2.19. The molecule has 1 unspecified atom stereocenters. The van der Waals surface area contributed by atoms with Gasteiger partial charge < -0.3 is 5.11 Å². The molecule has 2 rings (SSSR count). The Kier molecular flexibility index (Phi) is 5.57. The molecule has 1 atom stereocenters. The Morgan fingerprint density at radius 3 is 2.30 bits per heavy atom. The van der Waals surface area contributed by atoms with Crippen LogP contribution in [0.1, 0.15) is 18.1 Å². The third kappa shape index (κ3) is 4.36. The van der Waals surface area contributed by atoms with E-state index in [1.165, 1.54) is 11.1 Å². The molecule has 104 valence electrons. The van der Waals surface area contributed by atoms with Crippen molar-refractivity contribution >= 4 is 6.08 Å². The Bertz CT molecular complexity index is 501. The lowest BCUT2D eigenvalue weighted by Gasteiger charge is -2.12. The van der Waals surface area contributed by atoms with Gasteiger partial charge in [0, 0.05) is 12.5 Å². The van der Waals surface area contributed by atoms with Crippen LogP contribution in [0.4, 0.5) is 0 Å². The molecule has 1 N–H and O–H groups in total. The predicted molar refractivity (Wildman–Crippen MR) is 86.3 cm³/mol. The summed E-state index contributed by atoms with van der Waals surface area (Å²) in [5.41, 5.74) is 2.39. The highest BCUT2D eigenvalue weighted by molar-refractivity contribution is 5.50. The maximum absolute atomic E-state index is 8.90. The fourth-order valence-corrected chi connectivity index (χ4v) is 2.24. The van der Waals surface area contributed by atoms with E-state index in [-0.39, 0.29) is 6.61 Å². The first-order valence-corrected chi connectivity index (χ1v) is 7.19. The highest BCUT2D eigenvalue weighted by Gasteiger charge is 2.08. The molecular weight excluding hydrogens is 244 g/mol. The van der Waals surface area contributed by atoms with Crippen LogP contribution < -0.4 is 0 Å². The van der Waals surface area contributed by atoms with Gasteiger partial charge in [0.05, 0.1) is 0 Å². The molecule has 1 heteroatoms. The van der Waals surface area contributed by atoms with E-state index < -0.39 is 0 Å². The average molecular weight is 266 g/mol. The van der Waals surface area contributed by atoms with E-state index in [0.717, 1.165) is 6.42 Å². The van der Waals surface area contributed by atoms with Gasteiger partial charge in [-0.2, -0.15) is 0 Å². The van der Waals surface area contributed by atoms with E-state index in [1.807, 2.05) is 0 Å². The van der Waals surface area contributed by atoms with Crippen LogP contribution in [0, 0.1) is 11.8 Å². The minimum atomic E-state index is 0.209. The molecule has 0 aromatic heterocycles. The van der Waals surface area contributed by atoms with Crippen LogP contribution in [0.5, 0.6) is 0 Å². The predicted octanol–water partition coefficient (Wildman–Crippen LogP) is 4.17. The zero-order valence-corrected chi connectivity index (χ0v) is 11.9. The molecule has 0 heterocycles. The topological polar surface area (TPSA) is 20.2 Å². The van der Waals surface area contributed by atoms with E-state index in [9.17, 15) is 0 Å². The maximum atomic E-state index is 8.90. The summed E-state index contributed by atoms with van der Waals surface area (Å²) in [4.78, 5) is 0. The molecule has 1 nitrogen and oxygen atoms in total. The van der Waals surface area contributed by atoms with E-state index in [1.54, 1.807) is 0 Å². The summed E-state index contributed by atoms with van der Waals surface area (Å²) in [6.07, 6.45) is 18.0. The van der Waals surface area contributed by atoms with Crippen LogP contribution in [0.3, 0.4) is 0 Å². The number of hydrogen-bond acceptors (Lipinski definition) is 1. The molecule has 0 radical (unpaired) electrons. The van der Waals surface area contributed by atoms with Crippen LogP contribution in [-0.4, -0.2) is 11.7 Å². The number of hydrogen-bond donors (Lipinski definition) is 1. The van der Waals surface area contributed by atoms with Gasteiger partial charge in [0.2, 0.25) is 0 Å². The van der Waals surface area contributed by atoms with Crippen molar-refractivity contribution in [1.82, 2.24) is 0 Å². The van der Waals surface area contributed by atoms with Crippen LogP contribution in [0.15, 0.2) is 66.8 Å². The molecule has 0 aliphatic heterocycles. The molecule has 0 saturated carbocycles. The van der Waals surface area contributed by atoms with Gasteiger partial charge >= 0.3 is 0 Å². The molecular formula is C19H22O. The SMILES string of the molecule is CC(C=Cc1ccc(CCO)cc1)C1C=CC=CC=C1. The van der Waals surface area contributed by atoms with E-state index >= 15 is 0 Å². The Morgan fingerprint density at radius 1 is 1.05 bits per heavy atom. The van der Waals surface area contributed by atoms with E-state index in [0.29, 0.717) is 11.8 Å². The Labute approximate surface area is 121 Å². The summed E-state index contributed by atoms with van der Waals surface area (Å²) in [5, 5.41) is 8.90. The number of aliphatic hydroxyl groups excluding tert-OH is 1. The molecule has 20 heavy (non-hydrogen) atoms. The third-order valence-corrected chi connectivity index (χ3v) is 3.58. The second kappa shape index (κ2) is 7.66. The smallest absolute Gasteiger partial charge is 0.0471 e. The summed E-state index contributed by atoms with van der Waals surface area (Å²) in [7, 11) is 0. The van der Waals surface area contributed by atoms with Crippen molar-refractivity contribution in [3.05, 3.63) is 77.9 Å². The highest BCUT2D eigenvalue weighted by atomic mass is 16.2. The second-order valence-corrected chi connectivity index (χ2v) is 5.17. The molecule has 0 amide bonds. The average Bonchev–Trinajstić information content (AvgIpc) is 2.76. The van der Waals surface area contributed by atoms with Crippen molar-refractivity contribution in [3.8, 4) is 0 Å². The molecule has 1 aromatic carbocycles. The summed E-state index contributed by atoms with van der Waals surface area (Å²) in [6.45, 7) is 2.45. The minimum Gasteiger partial charge on any atom is -0.396 e. The Hall–Kier alpha value is -1.86. The lowest BCUT2D eigenvalue weighted by molar-refractivity contribution is 0.299. The molecule has 0 spiro atoms. The first-order chi connectivity index (χ1) is 9.79. The van der Waals surface area contributed by atoms with Gasteiger partial charge in [0.1, 0.15) is 0 Å². The maximum Gasteiger partial charge on any atom is 0.0471 e. The van der Waals surface area contributed by atoms with Gasteiger partial charge in [-0.3, -0.25) is 0 Å². The van der Waals surface area contributed by atoms with Gasteiger partial charge in [0.15, 0.2) is 0 Å². The second-order valence-electron chi connectivity index (χ2n) is 5.17. The molecule has 1 aliphatic carbocycles. The van der Waals surface area contributed by atoms with Crippen molar-refractivity contribution < 1.29 is 5.11 Å². The molecule has 1 aliphatic rings. The van der Waals surface area contributed by atoms with Crippen LogP contribution in [0.2, 0.25) is 0 Å². The Balaban J connectivity index is 1.97. The number of aliphatic hydroxyl groups is 1. The zero-order chi connectivity index (χ0) is 14.2. The summed E-state index contributed by atoms with van der Waals surface area (Å²) < 4.78 is 0. The van der Waals surface area contributed by atoms with Crippen LogP contribution in [0.25, 0.3) is 6.08 Å². The van der Waals surface area contributed by atoms with Gasteiger partial charge in [-0.1, -0.05) is 79.8 Å². The summed E-state index contributed by atoms with van der Waals surface area (Å²) in [5.74, 6) is 0.925. The van der Waals surface area contributed by atoms with Gasteiger partial charge in [-0.25, -0.2) is 0 Å². The monoisotopic (exact) mass is 266 g/mol. The van der Waals surface area contributed by atoms with Crippen molar-refractivity contribution in [2.45, 2.75) is 13.3 Å². The normalized spacial score (nSPS) is 16.7. The number of allylic oxidation sites excluding steroid dienone is 7. The lowest BCUT2D eigenvalue weighted by Crippen LogP contribution is -2.02. The Morgan fingerprint density at radius 2 is 1.70 bits per heavy atom. The fourth-order valence-electron chi connectivity index (χ4n) is 2.24. The van der Waals surface area contributed by atoms with Crippen molar-refractivity contribution in [2.24, 2.45) is 11.8 Å². The van der Waals surface area contributed by atoms with Crippen LogP contribution in [-0.2, 0) is 6.42 Å². The van der Waals surface area contributed by atoms with Gasteiger partial charge in [-0.05, 0) is 23.5 Å². The summed E-state index contributed by atoms with van der Waals surface area (Å²) in [6, 6.07) is 8.37. The first kappa shape index (κ1) is 14.5. The molecule has 0 saturated heterocycles. The first-order valence-electron chi connectivity index (χ1n) is 7.19. The van der Waals surface area contributed by atoms with Gasteiger partial charge in [0.25, 0.3) is 0 Å². The number of benzene rings is 1. The van der Waals surface area contributed by atoms with Crippen LogP contribution >= 0.6 is 0 Å². The lowest BCUT2D eigenvalue weighted by atomic mass is 9.92. The van der Waals surface area contributed by atoms with Crippen molar-refractivity contribution in [2.75, 3.05) is 6.61 Å². The molecule has 0 fully saturated rings. The third-order valence-electron chi connectivity index (χ3n) is 3.58. The quantitative estimate of drug-likeness (QED) is 0.848. The molecule has 1 aromatic rings. The van der Waals surface area contributed by atoms with Gasteiger partial charge in [-0.15, -0.1) is 0 Å². The van der Waals surface area contributed by atoms with Crippen molar-refractivity contribution in [1.29, 1.82) is 0 Å². The van der Waals surface area contributed by atoms with E-state index in [2.05, 4.69) is 79.8 Å². The standard InChI is InChI=1S/C19H22O/c1-16(19-6-4-2-3-5-7-19)8-9-17-10-12-18(13-11-17)14-15-20/h2-13,16,19-20H,14-15H2,1H3. The largest absolute Gasteiger partial charge is 0.396 e. The number of rotatable bonds is 5.